The lowest BCUT2D eigenvalue weighted by atomic mass is 10.1. The molecule has 0 radical (unpaired) electrons. The predicted octanol–water partition coefficient (Wildman–Crippen LogP) is 6.35. The topological polar surface area (TPSA) is 72.9 Å². The molecule has 11 heteroatoms. The van der Waals surface area contributed by atoms with Crippen molar-refractivity contribution in [3.8, 4) is 5.75 Å². The molecule has 4 rings (SSSR count). The van der Waals surface area contributed by atoms with E-state index in [1.165, 1.54) is 37.4 Å². The molecule has 6 nitrogen and oxygen atoms in total. The Hall–Kier alpha value is -4.22. The fourth-order valence-corrected chi connectivity index (χ4v) is 5.75. The lowest BCUT2D eigenvalue weighted by molar-refractivity contribution is 0.0599. The van der Waals surface area contributed by atoms with Gasteiger partial charge in [0.2, 0.25) is 10.0 Å². The van der Waals surface area contributed by atoms with Crippen molar-refractivity contribution in [1.29, 1.82) is 0 Å². The largest absolute Gasteiger partial charge is 0.489 e. The van der Waals surface area contributed by atoms with Crippen LogP contribution in [0.5, 0.6) is 5.75 Å². The predicted molar refractivity (Wildman–Crippen MR) is 147 cm³/mol. The lowest BCUT2D eigenvalue weighted by Crippen LogP contribution is -2.33. The molecule has 0 N–H and O–H groups in total. The Kier molecular flexibility index (Phi) is 9.64. The summed E-state index contributed by atoms with van der Waals surface area (Å²) in [5.74, 6) is -3.39. The number of hydrogen-bond donors (Lipinski definition) is 0. The molecule has 0 aliphatic rings. The van der Waals surface area contributed by atoms with Gasteiger partial charge in [0.05, 0.1) is 17.6 Å². The second-order valence-electron chi connectivity index (χ2n) is 9.54. The number of carbonyl (C=O) groups is 1. The first-order chi connectivity index (χ1) is 19.9. The van der Waals surface area contributed by atoms with Gasteiger partial charge in [0.1, 0.15) is 35.6 Å². The van der Waals surface area contributed by atoms with Crippen molar-refractivity contribution in [3.05, 3.63) is 130 Å². The van der Waals surface area contributed by atoms with E-state index in [2.05, 4.69) is 0 Å². The van der Waals surface area contributed by atoms with E-state index in [0.29, 0.717) is 22.9 Å². The van der Waals surface area contributed by atoms with E-state index < -0.39 is 39.3 Å². The average Bonchev–Trinajstić information content (AvgIpc) is 2.93. The molecule has 0 saturated carbocycles. The summed E-state index contributed by atoms with van der Waals surface area (Å²) in [6.07, 6.45) is 0.224. The van der Waals surface area contributed by atoms with Crippen molar-refractivity contribution in [2.24, 2.45) is 0 Å². The van der Waals surface area contributed by atoms with E-state index in [9.17, 15) is 30.8 Å². The zero-order valence-electron chi connectivity index (χ0n) is 22.7. The second-order valence-corrected chi connectivity index (χ2v) is 11.5. The maximum Gasteiger partial charge on any atom is 0.338 e. The van der Waals surface area contributed by atoms with Crippen LogP contribution >= 0.6 is 0 Å². The van der Waals surface area contributed by atoms with Crippen LogP contribution in [-0.2, 0) is 34.3 Å². The molecule has 4 aromatic rings. The van der Waals surface area contributed by atoms with Crippen LogP contribution < -0.4 is 4.74 Å². The van der Waals surface area contributed by atoms with Gasteiger partial charge in [0.25, 0.3) is 0 Å². The summed E-state index contributed by atoms with van der Waals surface area (Å²) >= 11 is 0. The summed E-state index contributed by atoms with van der Waals surface area (Å²) in [4.78, 5) is 12.0. The molecule has 0 aromatic heterocycles. The van der Waals surface area contributed by atoms with Gasteiger partial charge < -0.3 is 9.47 Å². The van der Waals surface area contributed by atoms with E-state index in [4.69, 9.17) is 9.47 Å². The van der Waals surface area contributed by atoms with E-state index >= 15 is 0 Å². The molecule has 0 saturated heterocycles. The Morgan fingerprint density at radius 1 is 0.762 bits per heavy atom. The van der Waals surface area contributed by atoms with Gasteiger partial charge in [-0.3, -0.25) is 0 Å². The minimum Gasteiger partial charge on any atom is -0.489 e. The molecule has 0 aliphatic carbocycles. The molecule has 0 spiro atoms. The third kappa shape index (κ3) is 7.74. The molecular formula is C31H27F4NO5S. The van der Waals surface area contributed by atoms with Gasteiger partial charge in [-0.1, -0.05) is 18.2 Å². The number of benzene rings is 4. The molecule has 0 bridgehead atoms. The van der Waals surface area contributed by atoms with Crippen LogP contribution in [-0.4, -0.2) is 32.3 Å². The first-order valence-corrected chi connectivity index (χ1v) is 14.2. The highest BCUT2D eigenvalue weighted by molar-refractivity contribution is 7.89. The monoisotopic (exact) mass is 601 g/mol. The summed E-state index contributed by atoms with van der Waals surface area (Å²) in [6, 6.07) is 16.6. The molecule has 0 unspecified atom stereocenters. The normalized spacial score (nSPS) is 11.5. The Bertz CT molecular complexity index is 1650. The molecule has 0 fully saturated rings. The number of halogens is 4. The van der Waals surface area contributed by atoms with Gasteiger partial charge in [-0.25, -0.2) is 30.8 Å². The van der Waals surface area contributed by atoms with Crippen LogP contribution in [0, 0.1) is 30.2 Å². The molecule has 4 aromatic carbocycles. The van der Waals surface area contributed by atoms with Crippen LogP contribution in [0.3, 0.4) is 0 Å². The number of sulfonamides is 1. The molecular weight excluding hydrogens is 574 g/mol. The zero-order chi connectivity index (χ0) is 30.4. The van der Waals surface area contributed by atoms with Crippen molar-refractivity contribution >= 4 is 16.0 Å². The maximum atomic E-state index is 13.9. The van der Waals surface area contributed by atoms with Crippen LogP contribution in [0.4, 0.5) is 17.6 Å². The van der Waals surface area contributed by atoms with Gasteiger partial charge in [-0.15, -0.1) is 0 Å². The Morgan fingerprint density at radius 3 is 1.90 bits per heavy atom. The Morgan fingerprint density at radius 2 is 1.33 bits per heavy atom. The van der Waals surface area contributed by atoms with Crippen molar-refractivity contribution in [3.63, 3.8) is 0 Å². The minimum atomic E-state index is -4.24. The van der Waals surface area contributed by atoms with Gasteiger partial charge in [0.15, 0.2) is 0 Å². The molecule has 0 amide bonds. The number of methoxy groups -OCH3 is 1. The minimum absolute atomic E-state index is 0.0612. The van der Waals surface area contributed by atoms with Crippen molar-refractivity contribution < 1.29 is 40.2 Å². The number of carbonyl (C=O) groups excluding carboxylic acids is 1. The smallest absolute Gasteiger partial charge is 0.338 e. The third-order valence-corrected chi connectivity index (χ3v) is 8.28. The van der Waals surface area contributed by atoms with Crippen molar-refractivity contribution in [2.45, 2.75) is 31.4 Å². The standard InChI is InChI=1S/C31H27F4NO5S/c1-20-3-8-29(17-30(20)31(37)40-2)42(38,39)36(18-22-11-24(32)15-25(33)12-22)10-9-21-4-6-28(7-5-21)41-19-23-13-26(34)16-27(35)14-23/h3-8,11-17H,9-10,18-19H2,1-2H3. The van der Waals surface area contributed by atoms with Crippen LogP contribution in [0.25, 0.3) is 0 Å². The quantitative estimate of drug-likeness (QED) is 0.148. The van der Waals surface area contributed by atoms with Crippen LogP contribution in [0.15, 0.2) is 83.8 Å². The van der Waals surface area contributed by atoms with Crippen molar-refractivity contribution in [2.75, 3.05) is 13.7 Å². The lowest BCUT2D eigenvalue weighted by Gasteiger charge is -2.23. The SMILES string of the molecule is COC(=O)c1cc(S(=O)(=O)N(CCc2ccc(OCc3cc(F)cc(F)c3)cc2)Cc2cc(F)cc(F)c2)ccc1C. The molecule has 42 heavy (non-hydrogen) atoms. The van der Waals surface area contributed by atoms with Gasteiger partial charge in [0, 0.05) is 25.2 Å². The summed E-state index contributed by atoms with van der Waals surface area (Å²) in [7, 11) is -3.05. The fraction of sp³-hybridized carbons (Fsp3) is 0.194. The van der Waals surface area contributed by atoms with Gasteiger partial charge >= 0.3 is 5.97 Å². The Labute approximate surface area is 241 Å². The van der Waals surface area contributed by atoms with Crippen LogP contribution in [0.2, 0.25) is 0 Å². The highest BCUT2D eigenvalue weighted by atomic mass is 32.2. The second kappa shape index (κ2) is 13.2. The molecule has 0 atom stereocenters. The summed E-state index contributed by atoms with van der Waals surface area (Å²) in [5.41, 5.74) is 1.74. The zero-order valence-corrected chi connectivity index (χ0v) is 23.6. The van der Waals surface area contributed by atoms with E-state index in [1.807, 2.05) is 0 Å². The number of ether oxygens (including phenoxy) is 2. The van der Waals surface area contributed by atoms with Gasteiger partial charge in [-0.2, -0.15) is 4.31 Å². The summed E-state index contributed by atoms with van der Waals surface area (Å²) in [6.45, 7) is 1.18. The number of aryl methyl sites for hydroxylation is 1. The van der Waals surface area contributed by atoms with E-state index in [-0.39, 0.29) is 42.1 Å². The number of rotatable bonds is 11. The first kappa shape index (κ1) is 30.7. The summed E-state index contributed by atoms with van der Waals surface area (Å²) < 4.78 is 93.6. The van der Waals surface area contributed by atoms with Crippen LogP contribution in [0.1, 0.15) is 32.6 Å². The number of nitrogens with zero attached hydrogens (tertiary/aromatic N) is 1. The third-order valence-electron chi connectivity index (χ3n) is 6.43. The van der Waals surface area contributed by atoms with E-state index in [1.54, 1.807) is 31.2 Å². The fourth-order valence-electron chi connectivity index (χ4n) is 4.30. The van der Waals surface area contributed by atoms with E-state index in [0.717, 1.165) is 28.1 Å². The molecule has 0 heterocycles. The van der Waals surface area contributed by atoms with Crippen molar-refractivity contribution in [1.82, 2.24) is 4.31 Å². The molecule has 220 valence electrons. The maximum absolute atomic E-state index is 13.9. The Balaban J connectivity index is 1.54. The first-order valence-electron chi connectivity index (χ1n) is 12.8. The highest BCUT2D eigenvalue weighted by Gasteiger charge is 2.27. The highest BCUT2D eigenvalue weighted by Crippen LogP contribution is 2.24. The number of hydrogen-bond acceptors (Lipinski definition) is 5. The number of esters is 1. The average molecular weight is 602 g/mol. The van der Waals surface area contributed by atoms with Gasteiger partial charge in [-0.05, 0) is 84.1 Å². The summed E-state index contributed by atoms with van der Waals surface area (Å²) in [5, 5.41) is 0. The molecule has 0 aliphatic heterocycles.